The first kappa shape index (κ1) is 17.2. The Morgan fingerprint density at radius 3 is 2.35 bits per heavy atom. The third kappa shape index (κ3) is 4.42. The number of carbonyl (C=O) groups is 1. The molecule has 2 aromatic carbocycles. The summed E-state index contributed by atoms with van der Waals surface area (Å²) in [5, 5.41) is 2.93. The van der Waals surface area contributed by atoms with Crippen LogP contribution in [0.15, 0.2) is 41.3 Å². The lowest BCUT2D eigenvalue weighted by molar-refractivity contribution is -0.113. The summed E-state index contributed by atoms with van der Waals surface area (Å²) < 4.78 is 10.5. The van der Waals surface area contributed by atoms with Crippen LogP contribution in [0, 0.1) is 13.8 Å². The quantitative estimate of drug-likeness (QED) is 0.811. The molecule has 0 saturated heterocycles. The van der Waals surface area contributed by atoms with Gasteiger partial charge in [-0.25, -0.2) is 0 Å². The summed E-state index contributed by atoms with van der Waals surface area (Å²) >= 11 is 1.53. The van der Waals surface area contributed by atoms with E-state index in [9.17, 15) is 4.79 Å². The summed E-state index contributed by atoms with van der Waals surface area (Å²) in [6.07, 6.45) is 0. The van der Waals surface area contributed by atoms with Crippen LogP contribution in [0.1, 0.15) is 11.1 Å². The molecule has 122 valence electrons. The first-order valence-electron chi connectivity index (χ1n) is 7.26. The van der Waals surface area contributed by atoms with Gasteiger partial charge in [0.15, 0.2) is 11.5 Å². The molecule has 2 rings (SSSR count). The van der Waals surface area contributed by atoms with Crippen LogP contribution in [0.25, 0.3) is 0 Å². The van der Waals surface area contributed by atoms with Gasteiger partial charge < -0.3 is 14.8 Å². The van der Waals surface area contributed by atoms with Crippen molar-refractivity contribution in [3.05, 3.63) is 47.5 Å². The summed E-state index contributed by atoms with van der Waals surface area (Å²) in [4.78, 5) is 13.3. The van der Waals surface area contributed by atoms with E-state index in [1.165, 1.54) is 17.3 Å². The SMILES string of the molecule is COc1cc(C)c(NC(=O)CSc2ccccc2C)cc1OC. The number of nitrogens with one attached hydrogen (secondary N) is 1. The summed E-state index contributed by atoms with van der Waals surface area (Å²) in [6, 6.07) is 11.7. The van der Waals surface area contributed by atoms with E-state index < -0.39 is 0 Å². The Bertz CT molecular complexity index is 701. The van der Waals surface area contributed by atoms with Gasteiger partial charge >= 0.3 is 0 Å². The molecular formula is C18H21NO3S. The van der Waals surface area contributed by atoms with Crippen molar-refractivity contribution in [2.45, 2.75) is 18.7 Å². The van der Waals surface area contributed by atoms with Crippen LogP contribution in [0.3, 0.4) is 0 Å². The average Bonchev–Trinajstić information content (AvgIpc) is 2.55. The zero-order chi connectivity index (χ0) is 16.8. The van der Waals surface area contributed by atoms with Gasteiger partial charge in [0.05, 0.1) is 20.0 Å². The van der Waals surface area contributed by atoms with E-state index >= 15 is 0 Å². The van der Waals surface area contributed by atoms with E-state index in [0.717, 1.165) is 16.1 Å². The molecule has 2 aromatic rings. The van der Waals surface area contributed by atoms with E-state index in [1.807, 2.05) is 44.2 Å². The second-order valence-corrected chi connectivity index (χ2v) is 6.14. The zero-order valence-corrected chi connectivity index (χ0v) is 14.6. The monoisotopic (exact) mass is 331 g/mol. The molecule has 0 atom stereocenters. The number of anilines is 1. The molecule has 4 nitrogen and oxygen atoms in total. The fourth-order valence-electron chi connectivity index (χ4n) is 2.16. The summed E-state index contributed by atoms with van der Waals surface area (Å²) in [7, 11) is 3.17. The maximum atomic E-state index is 12.2. The molecule has 0 fully saturated rings. The van der Waals surface area contributed by atoms with Crippen LogP contribution in [-0.4, -0.2) is 25.9 Å². The highest BCUT2D eigenvalue weighted by Crippen LogP contribution is 2.33. The summed E-state index contributed by atoms with van der Waals surface area (Å²) in [5.41, 5.74) is 2.84. The molecule has 0 aliphatic carbocycles. The van der Waals surface area contributed by atoms with Gasteiger partial charge in [0.25, 0.3) is 0 Å². The number of carbonyl (C=O) groups excluding carboxylic acids is 1. The van der Waals surface area contributed by atoms with Gasteiger partial charge in [-0.1, -0.05) is 18.2 Å². The standard InChI is InChI=1S/C18H21NO3S/c1-12-7-5-6-8-17(12)23-11-18(20)19-14-10-16(22-4)15(21-3)9-13(14)2/h5-10H,11H2,1-4H3,(H,19,20). The minimum atomic E-state index is -0.0476. The number of benzene rings is 2. The number of thioether (sulfide) groups is 1. The van der Waals surface area contributed by atoms with E-state index in [1.54, 1.807) is 20.3 Å². The Morgan fingerprint density at radius 2 is 1.70 bits per heavy atom. The van der Waals surface area contributed by atoms with Crippen molar-refractivity contribution in [3.8, 4) is 11.5 Å². The molecule has 0 bridgehead atoms. The fraction of sp³-hybridized carbons (Fsp3) is 0.278. The lowest BCUT2D eigenvalue weighted by atomic mass is 10.1. The lowest BCUT2D eigenvalue weighted by Crippen LogP contribution is -2.15. The normalized spacial score (nSPS) is 10.3. The number of rotatable bonds is 6. The molecule has 1 N–H and O–H groups in total. The molecule has 1 amide bonds. The van der Waals surface area contributed by atoms with Crippen LogP contribution in [-0.2, 0) is 4.79 Å². The van der Waals surface area contributed by atoms with E-state index in [-0.39, 0.29) is 5.91 Å². The molecule has 0 aliphatic heterocycles. The number of hydrogen-bond donors (Lipinski definition) is 1. The molecule has 0 radical (unpaired) electrons. The topological polar surface area (TPSA) is 47.6 Å². The van der Waals surface area contributed by atoms with E-state index in [0.29, 0.717) is 17.3 Å². The third-order valence-corrected chi connectivity index (χ3v) is 4.63. The molecule has 23 heavy (non-hydrogen) atoms. The van der Waals surface area contributed by atoms with Crippen molar-refractivity contribution in [1.29, 1.82) is 0 Å². The average molecular weight is 331 g/mol. The maximum Gasteiger partial charge on any atom is 0.234 e. The number of ether oxygens (including phenoxy) is 2. The van der Waals surface area contributed by atoms with Gasteiger partial charge in [0.2, 0.25) is 5.91 Å². The van der Waals surface area contributed by atoms with Gasteiger partial charge in [-0.05, 0) is 37.1 Å². The van der Waals surface area contributed by atoms with E-state index in [2.05, 4.69) is 5.32 Å². The third-order valence-electron chi connectivity index (χ3n) is 3.46. The minimum Gasteiger partial charge on any atom is -0.493 e. The molecule has 5 heteroatoms. The van der Waals surface area contributed by atoms with Crippen LogP contribution in [0.2, 0.25) is 0 Å². The van der Waals surface area contributed by atoms with Crippen molar-refractivity contribution in [2.24, 2.45) is 0 Å². The van der Waals surface area contributed by atoms with Gasteiger partial charge in [-0.2, -0.15) is 0 Å². The highest BCUT2D eigenvalue weighted by Gasteiger charge is 2.11. The number of amides is 1. The van der Waals surface area contributed by atoms with Crippen LogP contribution >= 0.6 is 11.8 Å². The van der Waals surface area contributed by atoms with Crippen LogP contribution in [0.5, 0.6) is 11.5 Å². The maximum absolute atomic E-state index is 12.2. The second kappa shape index (κ2) is 7.92. The van der Waals surface area contributed by atoms with Crippen molar-refractivity contribution in [3.63, 3.8) is 0 Å². The van der Waals surface area contributed by atoms with Gasteiger partial charge in [-0.15, -0.1) is 11.8 Å². The first-order chi connectivity index (χ1) is 11.0. The Labute approximate surface area is 141 Å². The van der Waals surface area contributed by atoms with Crippen LogP contribution in [0.4, 0.5) is 5.69 Å². The molecule has 0 aromatic heterocycles. The second-order valence-electron chi connectivity index (χ2n) is 5.12. The van der Waals surface area contributed by atoms with E-state index in [4.69, 9.17) is 9.47 Å². The largest absolute Gasteiger partial charge is 0.493 e. The Morgan fingerprint density at radius 1 is 1.04 bits per heavy atom. The van der Waals surface area contributed by atoms with Crippen molar-refractivity contribution < 1.29 is 14.3 Å². The zero-order valence-electron chi connectivity index (χ0n) is 13.8. The Balaban J connectivity index is 2.04. The van der Waals surface area contributed by atoms with Crippen LogP contribution < -0.4 is 14.8 Å². The highest BCUT2D eigenvalue weighted by molar-refractivity contribution is 8.00. The minimum absolute atomic E-state index is 0.0476. The Hall–Kier alpha value is -2.14. The lowest BCUT2D eigenvalue weighted by Gasteiger charge is -2.13. The van der Waals surface area contributed by atoms with Crippen molar-refractivity contribution in [1.82, 2.24) is 0 Å². The smallest absolute Gasteiger partial charge is 0.234 e. The van der Waals surface area contributed by atoms with Gasteiger partial charge in [-0.3, -0.25) is 4.79 Å². The van der Waals surface area contributed by atoms with Crippen molar-refractivity contribution >= 4 is 23.4 Å². The molecule has 0 spiro atoms. The number of methoxy groups -OCH3 is 2. The fourth-order valence-corrected chi connectivity index (χ4v) is 2.99. The number of aryl methyl sites for hydroxylation is 2. The Kier molecular flexibility index (Phi) is 5.93. The van der Waals surface area contributed by atoms with Crippen molar-refractivity contribution in [2.75, 3.05) is 25.3 Å². The molecule has 0 aliphatic rings. The highest BCUT2D eigenvalue weighted by atomic mass is 32.2. The predicted octanol–water partition coefficient (Wildman–Crippen LogP) is 4.05. The predicted molar refractivity (Wildman–Crippen MR) is 94.8 cm³/mol. The van der Waals surface area contributed by atoms with Gasteiger partial charge in [0.1, 0.15) is 0 Å². The molecule has 0 unspecified atom stereocenters. The molecular weight excluding hydrogens is 310 g/mol. The van der Waals surface area contributed by atoms with Gasteiger partial charge in [0, 0.05) is 16.6 Å². The summed E-state index contributed by atoms with van der Waals surface area (Å²) in [5.74, 6) is 1.56. The molecule has 0 heterocycles. The summed E-state index contributed by atoms with van der Waals surface area (Å²) in [6.45, 7) is 3.96. The first-order valence-corrected chi connectivity index (χ1v) is 8.24. The number of hydrogen-bond acceptors (Lipinski definition) is 4. The molecule has 0 saturated carbocycles.